The lowest BCUT2D eigenvalue weighted by Crippen LogP contribution is -2.30. The standard InChI is InChI=1S/C12H19BrN2O/c1-9-5-12(16-4)6-11(14-9)8-15(3)10(2)7-13/h5-6,10H,7-8H2,1-4H3. The van der Waals surface area contributed by atoms with E-state index >= 15 is 0 Å². The lowest BCUT2D eigenvalue weighted by Gasteiger charge is -2.22. The van der Waals surface area contributed by atoms with E-state index in [2.05, 4.69) is 39.8 Å². The number of ether oxygens (including phenoxy) is 1. The fourth-order valence-corrected chi connectivity index (χ4v) is 1.93. The monoisotopic (exact) mass is 286 g/mol. The smallest absolute Gasteiger partial charge is 0.122 e. The predicted molar refractivity (Wildman–Crippen MR) is 70.2 cm³/mol. The summed E-state index contributed by atoms with van der Waals surface area (Å²) in [6.07, 6.45) is 0. The number of hydrogen-bond acceptors (Lipinski definition) is 3. The van der Waals surface area contributed by atoms with Crippen molar-refractivity contribution in [2.24, 2.45) is 0 Å². The summed E-state index contributed by atoms with van der Waals surface area (Å²) in [5, 5.41) is 0.965. The van der Waals surface area contributed by atoms with Gasteiger partial charge < -0.3 is 4.74 Å². The maximum absolute atomic E-state index is 5.24. The highest BCUT2D eigenvalue weighted by molar-refractivity contribution is 9.09. The molecule has 1 unspecified atom stereocenters. The van der Waals surface area contributed by atoms with Gasteiger partial charge in [0.15, 0.2) is 0 Å². The molecule has 0 bridgehead atoms. The molecule has 0 aliphatic rings. The van der Waals surface area contributed by atoms with Gasteiger partial charge in [-0.15, -0.1) is 0 Å². The highest BCUT2D eigenvalue weighted by atomic mass is 79.9. The van der Waals surface area contributed by atoms with Crippen molar-refractivity contribution >= 4 is 15.9 Å². The average molecular weight is 287 g/mol. The molecule has 0 aromatic carbocycles. The zero-order valence-corrected chi connectivity index (χ0v) is 11.9. The van der Waals surface area contributed by atoms with Gasteiger partial charge in [-0.05, 0) is 20.9 Å². The molecule has 0 saturated carbocycles. The summed E-state index contributed by atoms with van der Waals surface area (Å²) in [5.74, 6) is 0.877. The van der Waals surface area contributed by atoms with Crippen molar-refractivity contribution in [2.45, 2.75) is 26.4 Å². The molecular formula is C12H19BrN2O. The third kappa shape index (κ3) is 3.76. The average Bonchev–Trinajstić information content (AvgIpc) is 2.26. The molecule has 0 radical (unpaired) electrons. The van der Waals surface area contributed by atoms with E-state index < -0.39 is 0 Å². The number of halogens is 1. The molecule has 0 spiro atoms. The molecule has 1 heterocycles. The zero-order chi connectivity index (χ0) is 12.1. The van der Waals surface area contributed by atoms with E-state index in [4.69, 9.17) is 4.74 Å². The van der Waals surface area contributed by atoms with Crippen LogP contribution in [0.1, 0.15) is 18.3 Å². The third-order valence-electron chi connectivity index (χ3n) is 2.60. The molecule has 1 aromatic rings. The Hall–Kier alpha value is -0.610. The Bertz CT molecular complexity index is 344. The van der Waals surface area contributed by atoms with Crippen LogP contribution in [0.4, 0.5) is 0 Å². The Morgan fingerprint density at radius 2 is 2.19 bits per heavy atom. The van der Waals surface area contributed by atoms with E-state index in [1.807, 2.05) is 19.1 Å². The van der Waals surface area contributed by atoms with Crippen LogP contribution >= 0.6 is 15.9 Å². The van der Waals surface area contributed by atoms with Gasteiger partial charge in [-0.1, -0.05) is 15.9 Å². The van der Waals surface area contributed by atoms with Gasteiger partial charge in [-0.25, -0.2) is 0 Å². The van der Waals surface area contributed by atoms with Crippen LogP contribution in [0.3, 0.4) is 0 Å². The SMILES string of the molecule is COc1cc(C)nc(CN(C)C(C)CBr)c1. The maximum atomic E-state index is 5.24. The van der Waals surface area contributed by atoms with Crippen LogP contribution in [0, 0.1) is 6.92 Å². The number of alkyl halides is 1. The van der Waals surface area contributed by atoms with Crippen LogP contribution < -0.4 is 4.74 Å². The van der Waals surface area contributed by atoms with Crippen LogP contribution in [0.25, 0.3) is 0 Å². The highest BCUT2D eigenvalue weighted by Gasteiger charge is 2.09. The number of aromatic nitrogens is 1. The first-order valence-corrected chi connectivity index (χ1v) is 6.46. The quantitative estimate of drug-likeness (QED) is 0.778. The second-order valence-electron chi connectivity index (χ2n) is 4.06. The number of pyridine rings is 1. The number of aryl methyl sites for hydroxylation is 1. The van der Waals surface area contributed by atoms with Crippen molar-refractivity contribution in [1.82, 2.24) is 9.88 Å². The molecule has 0 aliphatic heterocycles. The van der Waals surface area contributed by atoms with Crippen LogP contribution in [0.2, 0.25) is 0 Å². The van der Waals surface area contributed by atoms with Crippen LogP contribution in [-0.2, 0) is 6.54 Å². The van der Waals surface area contributed by atoms with Gasteiger partial charge in [-0.3, -0.25) is 9.88 Å². The molecule has 1 aromatic heterocycles. The third-order valence-corrected chi connectivity index (χ3v) is 3.54. The zero-order valence-electron chi connectivity index (χ0n) is 10.3. The molecule has 0 aliphatic carbocycles. The molecule has 4 heteroatoms. The van der Waals surface area contributed by atoms with E-state index in [-0.39, 0.29) is 0 Å². The molecule has 0 N–H and O–H groups in total. The summed E-state index contributed by atoms with van der Waals surface area (Å²) in [7, 11) is 3.78. The summed E-state index contributed by atoms with van der Waals surface area (Å²) in [6, 6.07) is 4.43. The minimum absolute atomic E-state index is 0.494. The van der Waals surface area contributed by atoms with Crippen molar-refractivity contribution in [3.8, 4) is 5.75 Å². The molecule has 1 atom stereocenters. The van der Waals surface area contributed by atoms with E-state index in [9.17, 15) is 0 Å². The fraction of sp³-hybridized carbons (Fsp3) is 0.583. The molecule has 90 valence electrons. The summed E-state index contributed by atoms with van der Waals surface area (Å²) in [4.78, 5) is 6.76. The first kappa shape index (κ1) is 13.5. The largest absolute Gasteiger partial charge is 0.497 e. The Balaban J connectivity index is 2.76. The minimum atomic E-state index is 0.494. The van der Waals surface area contributed by atoms with E-state index in [0.717, 1.165) is 29.0 Å². The van der Waals surface area contributed by atoms with E-state index in [1.54, 1.807) is 7.11 Å². The molecule has 1 rings (SSSR count). The Labute approximate surface area is 106 Å². The number of rotatable bonds is 5. The summed E-state index contributed by atoms with van der Waals surface area (Å²) in [5.41, 5.74) is 2.04. The number of nitrogens with zero attached hydrogens (tertiary/aromatic N) is 2. The first-order valence-electron chi connectivity index (χ1n) is 5.34. The van der Waals surface area contributed by atoms with Crippen molar-refractivity contribution < 1.29 is 4.74 Å². The van der Waals surface area contributed by atoms with Gasteiger partial charge in [0.1, 0.15) is 5.75 Å². The Kier molecular flexibility index (Phi) is 5.22. The van der Waals surface area contributed by atoms with Crippen LogP contribution in [0.5, 0.6) is 5.75 Å². The maximum Gasteiger partial charge on any atom is 0.122 e. The summed E-state index contributed by atoms with van der Waals surface area (Å²) >= 11 is 3.48. The highest BCUT2D eigenvalue weighted by Crippen LogP contribution is 2.15. The first-order chi connectivity index (χ1) is 7.56. The lowest BCUT2D eigenvalue weighted by molar-refractivity contribution is 0.267. The van der Waals surface area contributed by atoms with Crippen LogP contribution in [0.15, 0.2) is 12.1 Å². The van der Waals surface area contributed by atoms with E-state index in [1.165, 1.54) is 0 Å². The fourth-order valence-electron chi connectivity index (χ4n) is 1.43. The number of hydrogen-bond donors (Lipinski definition) is 0. The minimum Gasteiger partial charge on any atom is -0.497 e. The molecule has 16 heavy (non-hydrogen) atoms. The second kappa shape index (κ2) is 6.21. The topological polar surface area (TPSA) is 25.4 Å². The van der Waals surface area contributed by atoms with Gasteiger partial charge in [0.2, 0.25) is 0 Å². The van der Waals surface area contributed by atoms with Crippen molar-refractivity contribution in [1.29, 1.82) is 0 Å². The Morgan fingerprint density at radius 1 is 1.50 bits per heavy atom. The lowest BCUT2D eigenvalue weighted by atomic mass is 10.2. The van der Waals surface area contributed by atoms with Crippen molar-refractivity contribution in [3.05, 3.63) is 23.5 Å². The van der Waals surface area contributed by atoms with Crippen LogP contribution in [-0.4, -0.2) is 35.4 Å². The van der Waals surface area contributed by atoms with Gasteiger partial charge in [0.25, 0.3) is 0 Å². The molecule has 0 amide bonds. The van der Waals surface area contributed by atoms with Gasteiger partial charge in [-0.2, -0.15) is 0 Å². The molecule has 0 fully saturated rings. The number of methoxy groups -OCH3 is 1. The van der Waals surface area contributed by atoms with Gasteiger partial charge in [0, 0.05) is 35.7 Å². The van der Waals surface area contributed by atoms with Gasteiger partial charge >= 0.3 is 0 Å². The molecular weight excluding hydrogens is 268 g/mol. The van der Waals surface area contributed by atoms with E-state index in [0.29, 0.717) is 6.04 Å². The molecule has 3 nitrogen and oxygen atoms in total. The van der Waals surface area contributed by atoms with Crippen molar-refractivity contribution in [3.63, 3.8) is 0 Å². The Morgan fingerprint density at radius 3 is 2.75 bits per heavy atom. The van der Waals surface area contributed by atoms with Gasteiger partial charge in [0.05, 0.1) is 12.8 Å². The summed E-state index contributed by atoms with van der Waals surface area (Å²) in [6.45, 7) is 5.01. The predicted octanol–water partition coefficient (Wildman–Crippen LogP) is 2.61. The molecule has 0 saturated heterocycles. The summed E-state index contributed by atoms with van der Waals surface area (Å²) < 4.78 is 5.24. The van der Waals surface area contributed by atoms with Crippen molar-refractivity contribution in [2.75, 3.05) is 19.5 Å². The second-order valence-corrected chi connectivity index (χ2v) is 4.71. The normalized spacial score (nSPS) is 12.9.